The summed E-state index contributed by atoms with van der Waals surface area (Å²) >= 11 is 0. The lowest BCUT2D eigenvalue weighted by Crippen LogP contribution is -2.38. The summed E-state index contributed by atoms with van der Waals surface area (Å²) in [5.41, 5.74) is 3.40. The monoisotopic (exact) mass is 368 g/mol. The zero-order chi connectivity index (χ0) is 19.2. The first-order valence-electron chi connectivity index (χ1n) is 8.98. The van der Waals surface area contributed by atoms with Crippen LogP contribution in [0.5, 0.6) is 5.75 Å². The first kappa shape index (κ1) is 18.9. The second-order valence-corrected chi connectivity index (χ2v) is 6.54. The van der Waals surface area contributed by atoms with Crippen molar-refractivity contribution in [3.8, 4) is 5.75 Å². The molecule has 2 aromatic rings. The summed E-state index contributed by atoms with van der Waals surface area (Å²) < 4.78 is 10.5. The molecule has 0 bridgehead atoms. The normalized spacial score (nSPS) is 13.1. The van der Waals surface area contributed by atoms with Gasteiger partial charge in [0.05, 0.1) is 12.2 Å². The van der Waals surface area contributed by atoms with Crippen molar-refractivity contribution in [2.75, 3.05) is 31.8 Å². The lowest BCUT2D eigenvalue weighted by molar-refractivity contribution is -0.121. The number of rotatable bonds is 7. The molecule has 6 heteroatoms. The van der Waals surface area contributed by atoms with E-state index >= 15 is 0 Å². The van der Waals surface area contributed by atoms with E-state index in [4.69, 9.17) is 9.47 Å². The zero-order valence-electron chi connectivity index (χ0n) is 15.7. The highest BCUT2D eigenvalue weighted by Crippen LogP contribution is 2.33. The second kappa shape index (κ2) is 8.68. The molecule has 27 heavy (non-hydrogen) atoms. The molecule has 0 radical (unpaired) electrons. The zero-order valence-corrected chi connectivity index (χ0v) is 15.7. The first-order valence-corrected chi connectivity index (χ1v) is 8.98. The molecule has 1 aliphatic rings. The third-order valence-corrected chi connectivity index (χ3v) is 4.43. The number of aryl methyl sites for hydroxylation is 1. The van der Waals surface area contributed by atoms with Crippen LogP contribution in [0.4, 0.5) is 5.69 Å². The van der Waals surface area contributed by atoms with Gasteiger partial charge >= 0.3 is 0 Å². The molecule has 6 nitrogen and oxygen atoms in total. The number of carbonyl (C=O) groups is 2. The van der Waals surface area contributed by atoms with Crippen LogP contribution < -0.4 is 15.0 Å². The fourth-order valence-corrected chi connectivity index (χ4v) is 2.95. The van der Waals surface area contributed by atoms with Crippen LogP contribution >= 0.6 is 0 Å². The molecule has 0 spiro atoms. The van der Waals surface area contributed by atoms with Crippen molar-refractivity contribution >= 4 is 17.5 Å². The molecule has 1 aliphatic heterocycles. The summed E-state index contributed by atoms with van der Waals surface area (Å²) in [5.74, 6) is 0.529. The highest BCUT2D eigenvalue weighted by molar-refractivity contribution is 5.98. The fraction of sp³-hybridized carbons (Fsp3) is 0.333. The molecule has 1 heterocycles. The number of nitrogens with zero attached hydrogens (tertiary/aromatic N) is 1. The Morgan fingerprint density at radius 2 is 2.00 bits per heavy atom. The molecular weight excluding hydrogens is 344 g/mol. The maximum Gasteiger partial charge on any atom is 0.265 e. The maximum absolute atomic E-state index is 12.3. The minimum Gasteiger partial charge on any atom is -0.482 e. The van der Waals surface area contributed by atoms with Crippen LogP contribution in [0.2, 0.25) is 0 Å². The van der Waals surface area contributed by atoms with Crippen molar-refractivity contribution in [1.82, 2.24) is 5.32 Å². The summed E-state index contributed by atoms with van der Waals surface area (Å²) in [6.45, 7) is 3.66. The average Bonchev–Trinajstić information content (AvgIpc) is 2.68. The van der Waals surface area contributed by atoms with Crippen molar-refractivity contribution in [3.63, 3.8) is 0 Å². The number of hydrogen-bond donors (Lipinski definition) is 1. The summed E-state index contributed by atoms with van der Waals surface area (Å²) in [5, 5.41) is 2.86. The Morgan fingerprint density at radius 3 is 2.74 bits per heavy atom. The van der Waals surface area contributed by atoms with Gasteiger partial charge in [-0.3, -0.25) is 9.59 Å². The van der Waals surface area contributed by atoms with E-state index in [0.29, 0.717) is 31.0 Å². The van der Waals surface area contributed by atoms with Crippen LogP contribution in [0.25, 0.3) is 0 Å². The van der Waals surface area contributed by atoms with Crippen LogP contribution in [0.3, 0.4) is 0 Å². The molecule has 0 unspecified atom stereocenters. The van der Waals surface area contributed by atoms with E-state index < -0.39 is 0 Å². The first-order chi connectivity index (χ1) is 13.1. The molecule has 0 atom stereocenters. The highest BCUT2D eigenvalue weighted by Gasteiger charge is 2.25. The topological polar surface area (TPSA) is 67.9 Å². The molecule has 3 rings (SSSR count). The molecule has 1 N–H and O–H groups in total. The number of amides is 2. The minimum atomic E-state index is -0.110. The van der Waals surface area contributed by atoms with Gasteiger partial charge in [0, 0.05) is 25.8 Å². The van der Waals surface area contributed by atoms with Crippen molar-refractivity contribution < 1.29 is 19.1 Å². The van der Waals surface area contributed by atoms with Crippen molar-refractivity contribution in [1.29, 1.82) is 0 Å². The molecular formula is C21H24N2O4. The number of hydrogen-bond acceptors (Lipinski definition) is 4. The highest BCUT2D eigenvalue weighted by atomic mass is 16.5. The molecule has 0 aliphatic carbocycles. The summed E-state index contributed by atoms with van der Waals surface area (Å²) in [6.07, 6.45) is 0.776. The predicted octanol–water partition coefficient (Wildman–Crippen LogP) is 2.69. The van der Waals surface area contributed by atoms with Gasteiger partial charge in [0.1, 0.15) is 5.75 Å². The van der Waals surface area contributed by atoms with E-state index in [2.05, 4.69) is 5.32 Å². The van der Waals surface area contributed by atoms with Gasteiger partial charge in [-0.25, -0.2) is 0 Å². The van der Waals surface area contributed by atoms with Crippen molar-refractivity contribution in [3.05, 3.63) is 59.2 Å². The maximum atomic E-state index is 12.3. The van der Waals surface area contributed by atoms with Crippen LogP contribution in [0.1, 0.15) is 27.9 Å². The summed E-state index contributed by atoms with van der Waals surface area (Å²) in [4.78, 5) is 26.2. The molecule has 0 aromatic heterocycles. The Kier molecular flexibility index (Phi) is 6.08. The Hall–Kier alpha value is -2.86. The summed E-state index contributed by atoms with van der Waals surface area (Å²) in [7, 11) is 1.64. The van der Waals surface area contributed by atoms with Gasteiger partial charge in [0.25, 0.3) is 11.8 Å². The third-order valence-electron chi connectivity index (χ3n) is 4.43. The predicted molar refractivity (Wildman–Crippen MR) is 103 cm³/mol. The number of methoxy groups -OCH3 is 1. The van der Waals surface area contributed by atoms with Gasteiger partial charge in [-0.15, -0.1) is 0 Å². The minimum absolute atomic E-state index is 0.0397. The van der Waals surface area contributed by atoms with Crippen LogP contribution in [-0.2, 0) is 16.1 Å². The van der Waals surface area contributed by atoms with E-state index in [1.807, 2.05) is 37.3 Å². The standard InChI is InChI=1S/C21H24N2O4/c1-15-4-9-19-18(12-15)23(20(24)14-27-19)13-16-5-7-17(8-6-16)21(25)22-10-3-11-26-2/h4-9,12H,3,10-11,13-14H2,1-2H3,(H,22,25). The Morgan fingerprint density at radius 1 is 1.22 bits per heavy atom. The smallest absolute Gasteiger partial charge is 0.265 e. The molecule has 2 amide bonds. The van der Waals surface area contributed by atoms with E-state index in [1.54, 1.807) is 24.1 Å². The fourth-order valence-electron chi connectivity index (χ4n) is 2.95. The lowest BCUT2D eigenvalue weighted by atomic mass is 10.1. The third kappa shape index (κ3) is 4.65. The van der Waals surface area contributed by atoms with E-state index in [1.165, 1.54) is 0 Å². The number of anilines is 1. The Balaban J connectivity index is 1.67. The Bertz CT molecular complexity index is 817. The molecule has 2 aromatic carbocycles. The van der Waals surface area contributed by atoms with Crippen molar-refractivity contribution in [2.45, 2.75) is 19.9 Å². The van der Waals surface area contributed by atoms with E-state index in [0.717, 1.165) is 23.2 Å². The number of benzene rings is 2. The quantitative estimate of drug-likeness (QED) is 0.763. The number of fused-ring (bicyclic) bond motifs is 1. The van der Waals surface area contributed by atoms with Gasteiger partial charge < -0.3 is 19.7 Å². The van der Waals surface area contributed by atoms with Gasteiger partial charge in [-0.05, 0) is 48.7 Å². The van der Waals surface area contributed by atoms with Crippen LogP contribution in [-0.4, -0.2) is 38.7 Å². The SMILES string of the molecule is COCCCNC(=O)c1ccc(CN2C(=O)COc3ccc(C)cc32)cc1. The second-order valence-electron chi connectivity index (χ2n) is 6.54. The van der Waals surface area contributed by atoms with Gasteiger partial charge in [-0.2, -0.15) is 0 Å². The van der Waals surface area contributed by atoms with Gasteiger partial charge in [-0.1, -0.05) is 18.2 Å². The van der Waals surface area contributed by atoms with E-state index in [-0.39, 0.29) is 18.4 Å². The van der Waals surface area contributed by atoms with Gasteiger partial charge in [0.2, 0.25) is 0 Å². The Labute approximate surface area is 159 Å². The van der Waals surface area contributed by atoms with E-state index in [9.17, 15) is 9.59 Å². The number of carbonyl (C=O) groups excluding carboxylic acids is 2. The average molecular weight is 368 g/mol. The molecule has 0 saturated heterocycles. The number of ether oxygens (including phenoxy) is 2. The van der Waals surface area contributed by atoms with Crippen LogP contribution in [0.15, 0.2) is 42.5 Å². The number of nitrogens with one attached hydrogen (secondary N) is 1. The van der Waals surface area contributed by atoms with Crippen molar-refractivity contribution in [2.24, 2.45) is 0 Å². The molecule has 0 saturated carbocycles. The van der Waals surface area contributed by atoms with Gasteiger partial charge in [0.15, 0.2) is 6.61 Å². The lowest BCUT2D eigenvalue weighted by Gasteiger charge is -2.29. The van der Waals surface area contributed by atoms with Crippen LogP contribution in [0, 0.1) is 6.92 Å². The molecule has 0 fully saturated rings. The summed E-state index contributed by atoms with van der Waals surface area (Å²) in [6, 6.07) is 13.1. The largest absolute Gasteiger partial charge is 0.482 e. The molecule has 142 valence electrons.